The van der Waals surface area contributed by atoms with Crippen molar-refractivity contribution in [2.75, 3.05) is 11.9 Å². The van der Waals surface area contributed by atoms with Crippen molar-refractivity contribution in [3.05, 3.63) is 64.1 Å². The van der Waals surface area contributed by atoms with Gasteiger partial charge in [-0.15, -0.1) is 0 Å². The van der Waals surface area contributed by atoms with Crippen LogP contribution < -0.4 is 16.2 Å². The van der Waals surface area contributed by atoms with Crippen LogP contribution in [0.3, 0.4) is 0 Å². The Balaban J connectivity index is 1.84. The number of anilines is 1. The lowest BCUT2D eigenvalue weighted by Crippen LogP contribution is -2.43. The van der Waals surface area contributed by atoms with Gasteiger partial charge in [-0.2, -0.15) is 13.2 Å². The molecule has 12 heteroatoms. The molecule has 0 aliphatic heterocycles. The average molecular weight is 488 g/mol. The minimum atomic E-state index is -5.09. The molecule has 2 rings (SSSR count). The minimum Gasteiger partial charge on any atom is -0.452 e. The van der Waals surface area contributed by atoms with Crippen molar-refractivity contribution < 1.29 is 37.1 Å². The van der Waals surface area contributed by atoms with Crippen LogP contribution in [0.4, 0.5) is 18.9 Å². The van der Waals surface area contributed by atoms with E-state index in [-0.39, 0.29) is 16.8 Å². The van der Waals surface area contributed by atoms with Crippen LogP contribution in [0.1, 0.15) is 20.7 Å². The second-order valence-corrected chi connectivity index (χ2v) is 6.53. The number of carbonyl (C=O) groups is 4. The molecule has 8 nitrogen and oxygen atoms in total. The Labute approximate surface area is 175 Å². The number of hydrogen-bond donors (Lipinski definition) is 3. The third-order valence-corrected chi connectivity index (χ3v) is 3.90. The molecule has 2 aromatic rings. The first-order chi connectivity index (χ1) is 14.1. The zero-order valence-electron chi connectivity index (χ0n) is 14.9. The number of nitrogens with one attached hydrogen (secondary N) is 3. The number of hydrogen-bond acceptors (Lipinski definition) is 5. The van der Waals surface area contributed by atoms with E-state index in [4.69, 9.17) is 4.74 Å². The summed E-state index contributed by atoms with van der Waals surface area (Å²) in [6.45, 7) is -0.765. The molecule has 0 atom stereocenters. The van der Waals surface area contributed by atoms with Crippen molar-refractivity contribution in [2.24, 2.45) is 0 Å². The van der Waals surface area contributed by atoms with E-state index in [1.54, 1.807) is 17.4 Å². The number of benzene rings is 2. The van der Waals surface area contributed by atoms with Crippen LogP contribution in [0, 0.1) is 0 Å². The van der Waals surface area contributed by atoms with Crippen LogP contribution in [0.25, 0.3) is 0 Å². The molecule has 3 amide bonds. The highest BCUT2D eigenvalue weighted by molar-refractivity contribution is 9.10. The standard InChI is InChI=1S/C18H13BrF3N3O5/c19-12-6-4-10(5-7-12)15(27)25-24-14(26)9-30-16(28)11-2-1-3-13(8-11)23-17(29)18(20,21)22/h1-8H,9H2,(H,23,29)(H,24,26)(H,25,27). The number of halogens is 4. The predicted octanol–water partition coefficient (Wildman–Crippen LogP) is 2.57. The molecule has 0 saturated carbocycles. The summed E-state index contributed by atoms with van der Waals surface area (Å²) in [6.07, 6.45) is -5.09. The number of ether oxygens (including phenoxy) is 1. The monoisotopic (exact) mass is 487 g/mol. The summed E-state index contributed by atoms with van der Waals surface area (Å²) >= 11 is 3.21. The molecule has 0 fully saturated rings. The molecular weight excluding hydrogens is 475 g/mol. The van der Waals surface area contributed by atoms with Gasteiger partial charge < -0.3 is 10.1 Å². The van der Waals surface area contributed by atoms with Gasteiger partial charge in [0.25, 0.3) is 11.8 Å². The van der Waals surface area contributed by atoms with Gasteiger partial charge in [0.15, 0.2) is 6.61 Å². The Kier molecular flexibility index (Phi) is 7.53. The molecule has 0 aliphatic carbocycles. The fourth-order valence-electron chi connectivity index (χ4n) is 1.98. The second-order valence-electron chi connectivity index (χ2n) is 5.62. The van der Waals surface area contributed by atoms with Crippen LogP contribution in [-0.2, 0) is 14.3 Å². The Morgan fingerprint density at radius 3 is 2.23 bits per heavy atom. The van der Waals surface area contributed by atoms with E-state index in [9.17, 15) is 32.3 Å². The van der Waals surface area contributed by atoms with E-state index >= 15 is 0 Å². The number of carbonyl (C=O) groups excluding carboxylic acids is 4. The Bertz CT molecular complexity index is 964. The van der Waals surface area contributed by atoms with E-state index in [1.807, 2.05) is 5.43 Å². The summed E-state index contributed by atoms with van der Waals surface area (Å²) in [6, 6.07) is 10.8. The van der Waals surface area contributed by atoms with E-state index in [2.05, 4.69) is 21.4 Å². The number of esters is 1. The zero-order chi connectivity index (χ0) is 22.3. The summed E-state index contributed by atoms with van der Waals surface area (Å²) in [7, 11) is 0. The summed E-state index contributed by atoms with van der Waals surface area (Å²) in [4.78, 5) is 46.4. The topological polar surface area (TPSA) is 114 Å². The fraction of sp³-hybridized carbons (Fsp3) is 0.111. The predicted molar refractivity (Wildman–Crippen MR) is 101 cm³/mol. The first-order valence-electron chi connectivity index (χ1n) is 8.06. The molecule has 0 heterocycles. The smallest absolute Gasteiger partial charge is 0.452 e. The van der Waals surface area contributed by atoms with Crippen LogP contribution >= 0.6 is 15.9 Å². The fourth-order valence-corrected chi connectivity index (χ4v) is 2.24. The maximum absolute atomic E-state index is 12.3. The molecule has 0 aliphatic rings. The molecule has 3 N–H and O–H groups in total. The van der Waals surface area contributed by atoms with Crippen LogP contribution in [0.2, 0.25) is 0 Å². The molecule has 158 valence electrons. The SMILES string of the molecule is O=C(COC(=O)c1cccc(NC(=O)C(F)(F)F)c1)NNC(=O)c1ccc(Br)cc1. The number of amides is 3. The molecule has 0 radical (unpaired) electrons. The van der Waals surface area contributed by atoms with Crippen molar-refractivity contribution in [3.8, 4) is 0 Å². The van der Waals surface area contributed by atoms with Gasteiger partial charge in [-0.3, -0.25) is 25.2 Å². The van der Waals surface area contributed by atoms with Gasteiger partial charge in [0.2, 0.25) is 0 Å². The largest absolute Gasteiger partial charge is 0.471 e. The van der Waals surface area contributed by atoms with Gasteiger partial charge in [-0.25, -0.2) is 4.79 Å². The highest BCUT2D eigenvalue weighted by atomic mass is 79.9. The van der Waals surface area contributed by atoms with Gasteiger partial charge in [0, 0.05) is 15.7 Å². The van der Waals surface area contributed by atoms with Crippen molar-refractivity contribution >= 4 is 45.3 Å². The molecule has 0 aromatic heterocycles. The van der Waals surface area contributed by atoms with Gasteiger partial charge in [-0.1, -0.05) is 22.0 Å². The molecule has 30 heavy (non-hydrogen) atoms. The minimum absolute atomic E-state index is 0.193. The molecule has 0 bridgehead atoms. The molecule has 0 saturated heterocycles. The van der Waals surface area contributed by atoms with Crippen LogP contribution in [-0.4, -0.2) is 36.5 Å². The Morgan fingerprint density at radius 2 is 1.60 bits per heavy atom. The maximum atomic E-state index is 12.3. The van der Waals surface area contributed by atoms with Gasteiger partial charge in [0.1, 0.15) is 0 Å². The number of hydrazine groups is 1. The Hall–Kier alpha value is -3.41. The van der Waals surface area contributed by atoms with Crippen molar-refractivity contribution in [1.82, 2.24) is 10.9 Å². The normalized spacial score (nSPS) is 10.7. The van der Waals surface area contributed by atoms with E-state index < -0.39 is 36.5 Å². The highest BCUT2D eigenvalue weighted by Crippen LogP contribution is 2.19. The molecule has 0 spiro atoms. The maximum Gasteiger partial charge on any atom is 0.471 e. The number of alkyl halides is 3. The molecule has 0 unspecified atom stereocenters. The van der Waals surface area contributed by atoms with Gasteiger partial charge in [0.05, 0.1) is 5.56 Å². The summed E-state index contributed by atoms with van der Waals surface area (Å²) in [5.41, 5.74) is 3.97. The highest BCUT2D eigenvalue weighted by Gasteiger charge is 2.38. The number of rotatable bonds is 5. The van der Waals surface area contributed by atoms with Gasteiger partial charge >= 0.3 is 18.1 Å². The first-order valence-corrected chi connectivity index (χ1v) is 8.85. The lowest BCUT2D eigenvalue weighted by atomic mass is 10.2. The van der Waals surface area contributed by atoms with Crippen molar-refractivity contribution in [1.29, 1.82) is 0 Å². The Morgan fingerprint density at radius 1 is 0.933 bits per heavy atom. The average Bonchev–Trinajstić information content (AvgIpc) is 2.70. The first kappa shape index (κ1) is 22.9. The summed E-state index contributed by atoms with van der Waals surface area (Å²) in [5, 5.41) is 1.59. The van der Waals surface area contributed by atoms with Crippen LogP contribution in [0.5, 0.6) is 0 Å². The summed E-state index contributed by atoms with van der Waals surface area (Å²) < 4.78 is 42.3. The van der Waals surface area contributed by atoms with Crippen LogP contribution in [0.15, 0.2) is 53.0 Å². The zero-order valence-corrected chi connectivity index (χ0v) is 16.5. The quantitative estimate of drug-likeness (QED) is 0.443. The second kappa shape index (κ2) is 9.87. The lowest BCUT2D eigenvalue weighted by Gasteiger charge is -2.10. The van der Waals surface area contributed by atoms with Crippen molar-refractivity contribution in [2.45, 2.75) is 6.18 Å². The molecular formula is C18H13BrF3N3O5. The van der Waals surface area contributed by atoms with E-state index in [1.165, 1.54) is 24.3 Å². The molecule has 2 aromatic carbocycles. The van der Waals surface area contributed by atoms with E-state index in [0.29, 0.717) is 0 Å². The summed E-state index contributed by atoms with van der Waals surface area (Å²) in [5.74, 6) is -4.67. The van der Waals surface area contributed by atoms with Gasteiger partial charge in [-0.05, 0) is 42.5 Å². The third kappa shape index (κ3) is 6.88. The van der Waals surface area contributed by atoms with Crippen molar-refractivity contribution in [3.63, 3.8) is 0 Å². The lowest BCUT2D eigenvalue weighted by molar-refractivity contribution is -0.167. The van der Waals surface area contributed by atoms with E-state index in [0.717, 1.165) is 16.6 Å². The third-order valence-electron chi connectivity index (χ3n) is 3.37.